The molecule has 8 heteroatoms. The number of halogens is 3. The number of aliphatic hydroxyl groups excluding tert-OH is 1. The largest absolute Gasteiger partial charge is 0.416 e. The first kappa shape index (κ1) is 16.9. The van der Waals surface area contributed by atoms with E-state index in [1.165, 1.54) is 7.05 Å². The number of alkyl halides is 3. The summed E-state index contributed by atoms with van der Waals surface area (Å²) in [4.78, 5) is 4.03. The van der Waals surface area contributed by atoms with Crippen LogP contribution in [0.15, 0.2) is 12.1 Å². The molecule has 1 rings (SSSR count). The lowest BCUT2D eigenvalue weighted by Crippen LogP contribution is -2.11. The summed E-state index contributed by atoms with van der Waals surface area (Å²) in [6, 6.07) is 1.97. The van der Waals surface area contributed by atoms with E-state index in [4.69, 9.17) is 5.11 Å². The van der Waals surface area contributed by atoms with Crippen molar-refractivity contribution in [3.63, 3.8) is 0 Å². The van der Waals surface area contributed by atoms with Gasteiger partial charge < -0.3 is 15.7 Å². The van der Waals surface area contributed by atoms with E-state index in [0.29, 0.717) is 6.54 Å². The molecule has 0 amide bonds. The average molecular weight is 309 g/mol. The van der Waals surface area contributed by atoms with E-state index in [1.807, 2.05) is 0 Å². The Labute approximate surface area is 120 Å². The molecule has 0 bridgehead atoms. The fourth-order valence-electron chi connectivity index (χ4n) is 1.43. The van der Waals surface area contributed by atoms with Gasteiger partial charge in [0.05, 0.1) is 5.56 Å². The molecule has 1 aromatic heterocycles. The van der Waals surface area contributed by atoms with E-state index in [9.17, 15) is 13.2 Å². The molecule has 0 aromatic carbocycles. The highest BCUT2D eigenvalue weighted by atomic mass is 32.2. The highest BCUT2D eigenvalue weighted by molar-refractivity contribution is 7.99. The van der Waals surface area contributed by atoms with Crippen LogP contribution in [0.2, 0.25) is 0 Å². The monoisotopic (exact) mass is 309 g/mol. The van der Waals surface area contributed by atoms with Crippen molar-refractivity contribution in [2.75, 3.05) is 42.3 Å². The van der Waals surface area contributed by atoms with Crippen LogP contribution in [-0.4, -0.2) is 41.8 Å². The van der Waals surface area contributed by atoms with Crippen LogP contribution in [0.5, 0.6) is 0 Å². The van der Waals surface area contributed by atoms with Gasteiger partial charge in [-0.05, 0) is 24.3 Å². The van der Waals surface area contributed by atoms with Gasteiger partial charge in [-0.25, -0.2) is 4.98 Å². The fourth-order valence-corrected chi connectivity index (χ4v) is 2.22. The number of pyridine rings is 1. The smallest absolute Gasteiger partial charge is 0.396 e. The molecule has 0 atom stereocenters. The number of anilines is 2. The van der Waals surface area contributed by atoms with Crippen LogP contribution < -0.4 is 10.6 Å². The van der Waals surface area contributed by atoms with Gasteiger partial charge >= 0.3 is 6.18 Å². The van der Waals surface area contributed by atoms with Gasteiger partial charge in [-0.15, -0.1) is 0 Å². The Morgan fingerprint density at radius 3 is 2.55 bits per heavy atom. The molecule has 20 heavy (non-hydrogen) atoms. The first-order valence-electron chi connectivity index (χ1n) is 6.17. The molecule has 0 aliphatic carbocycles. The maximum Gasteiger partial charge on any atom is 0.416 e. The number of rotatable bonds is 8. The second kappa shape index (κ2) is 8.21. The number of thioether (sulfide) groups is 1. The number of nitrogens with one attached hydrogen (secondary N) is 2. The van der Waals surface area contributed by atoms with Crippen LogP contribution in [0.1, 0.15) is 12.0 Å². The Morgan fingerprint density at radius 2 is 1.95 bits per heavy atom. The van der Waals surface area contributed by atoms with E-state index < -0.39 is 11.7 Å². The van der Waals surface area contributed by atoms with Crippen LogP contribution in [0.4, 0.5) is 24.8 Å². The molecule has 0 aliphatic rings. The Bertz CT molecular complexity index is 415. The van der Waals surface area contributed by atoms with E-state index in [0.717, 1.165) is 30.1 Å². The third kappa shape index (κ3) is 5.87. The van der Waals surface area contributed by atoms with Crippen molar-refractivity contribution in [2.24, 2.45) is 0 Å². The normalized spacial score (nSPS) is 11.4. The van der Waals surface area contributed by atoms with Crippen molar-refractivity contribution in [1.82, 2.24) is 4.98 Å². The zero-order valence-electron chi connectivity index (χ0n) is 11.1. The predicted octanol–water partition coefficient (Wildman–Crippen LogP) is 2.67. The molecule has 1 heterocycles. The minimum absolute atomic E-state index is 0.154. The van der Waals surface area contributed by atoms with Gasteiger partial charge in [-0.2, -0.15) is 24.9 Å². The molecule has 4 nitrogen and oxygen atoms in total. The van der Waals surface area contributed by atoms with E-state index in [2.05, 4.69) is 15.6 Å². The Hall–Kier alpha value is -1.15. The first-order valence-corrected chi connectivity index (χ1v) is 7.32. The molecule has 114 valence electrons. The molecule has 0 radical (unpaired) electrons. The van der Waals surface area contributed by atoms with Crippen molar-refractivity contribution in [2.45, 2.75) is 12.6 Å². The second-order valence-electron chi connectivity index (χ2n) is 3.99. The summed E-state index contributed by atoms with van der Waals surface area (Å²) in [7, 11) is 1.52. The van der Waals surface area contributed by atoms with Gasteiger partial charge in [0, 0.05) is 26.0 Å². The number of aromatic nitrogens is 1. The van der Waals surface area contributed by atoms with Crippen LogP contribution in [0, 0.1) is 0 Å². The second-order valence-corrected chi connectivity index (χ2v) is 5.22. The van der Waals surface area contributed by atoms with E-state index >= 15 is 0 Å². The third-order valence-electron chi connectivity index (χ3n) is 2.41. The minimum Gasteiger partial charge on any atom is -0.396 e. The molecule has 0 aliphatic heterocycles. The molecule has 1 aromatic rings. The highest BCUT2D eigenvalue weighted by Gasteiger charge is 2.31. The lowest BCUT2D eigenvalue weighted by molar-refractivity contribution is -0.137. The van der Waals surface area contributed by atoms with E-state index in [-0.39, 0.29) is 18.2 Å². The standard InChI is InChI=1S/C12H18F3N3OS/c1-16-10-7-9(12(13,14)15)8-11(18-10)17-3-6-20-5-2-4-19/h7-8,19H,2-6H2,1H3,(H2,16,17,18). The van der Waals surface area contributed by atoms with Crippen molar-refractivity contribution in [3.05, 3.63) is 17.7 Å². The van der Waals surface area contributed by atoms with Crippen molar-refractivity contribution < 1.29 is 18.3 Å². The molecular weight excluding hydrogens is 291 g/mol. The topological polar surface area (TPSA) is 57.2 Å². The first-order chi connectivity index (χ1) is 9.47. The van der Waals surface area contributed by atoms with Gasteiger partial charge in [0.2, 0.25) is 0 Å². The van der Waals surface area contributed by atoms with Crippen LogP contribution >= 0.6 is 11.8 Å². The number of aliphatic hydroxyl groups is 1. The quantitative estimate of drug-likeness (QED) is 0.645. The molecule has 3 N–H and O–H groups in total. The van der Waals surface area contributed by atoms with E-state index in [1.54, 1.807) is 11.8 Å². The zero-order chi connectivity index (χ0) is 15.0. The van der Waals surface area contributed by atoms with Crippen molar-refractivity contribution in [3.8, 4) is 0 Å². The van der Waals surface area contributed by atoms with Crippen LogP contribution in [-0.2, 0) is 6.18 Å². The Kier molecular flexibility index (Phi) is 6.94. The number of hydrogen-bond acceptors (Lipinski definition) is 5. The Balaban J connectivity index is 2.56. The summed E-state index contributed by atoms with van der Waals surface area (Å²) in [5.74, 6) is 1.95. The summed E-state index contributed by atoms with van der Waals surface area (Å²) < 4.78 is 38.1. The predicted molar refractivity (Wildman–Crippen MR) is 76.3 cm³/mol. The summed E-state index contributed by atoms with van der Waals surface area (Å²) in [6.07, 6.45) is -3.67. The summed E-state index contributed by atoms with van der Waals surface area (Å²) in [6.45, 7) is 0.675. The van der Waals surface area contributed by atoms with Crippen LogP contribution in [0.3, 0.4) is 0 Å². The summed E-state index contributed by atoms with van der Waals surface area (Å²) in [5.41, 5.74) is -0.729. The van der Waals surface area contributed by atoms with Crippen LogP contribution in [0.25, 0.3) is 0 Å². The summed E-state index contributed by atoms with van der Waals surface area (Å²) in [5, 5.41) is 14.1. The maximum atomic E-state index is 12.7. The van der Waals surface area contributed by atoms with Gasteiger partial charge in [-0.3, -0.25) is 0 Å². The Morgan fingerprint density at radius 1 is 1.25 bits per heavy atom. The molecule has 0 saturated heterocycles. The highest BCUT2D eigenvalue weighted by Crippen LogP contribution is 2.31. The van der Waals surface area contributed by atoms with Crippen molar-refractivity contribution in [1.29, 1.82) is 0 Å². The SMILES string of the molecule is CNc1cc(C(F)(F)F)cc(NCCSCCCO)n1. The lowest BCUT2D eigenvalue weighted by Gasteiger charge is -2.12. The minimum atomic E-state index is -4.39. The lowest BCUT2D eigenvalue weighted by atomic mass is 10.2. The van der Waals surface area contributed by atoms with Gasteiger partial charge in [-0.1, -0.05) is 0 Å². The molecule has 0 fully saturated rings. The summed E-state index contributed by atoms with van der Waals surface area (Å²) >= 11 is 1.63. The van der Waals surface area contributed by atoms with Gasteiger partial charge in [0.25, 0.3) is 0 Å². The van der Waals surface area contributed by atoms with Crippen molar-refractivity contribution >= 4 is 23.4 Å². The zero-order valence-corrected chi connectivity index (χ0v) is 11.9. The maximum absolute atomic E-state index is 12.7. The number of nitrogens with zero attached hydrogens (tertiary/aromatic N) is 1. The molecular formula is C12H18F3N3OS. The fraction of sp³-hybridized carbons (Fsp3) is 0.583. The third-order valence-corrected chi connectivity index (χ3v) is 3.48. The average Bonchev–Trinajstić information content (AvgIpc) is 2.41. The molecule has 0 unspecified atom stereocenters. The molecule has 0 saturated carbocycles. The van der Waals surface area contributed by atoms with Gasteiger partial charge in [0.15, 0.2) is 0 Å². The number of hydrogen-bond donors (Lipinski definition) is 3. The molecule has 0 spiro atoms. The van der Waals surface area contributed by atoms with Gasteiger partial charge in [0.1, 0.15) is 11.6 Å².